The molecule has 1 aromatic rings. The van der Waals surface area contributed by atoms with Gasteiger partial charge in [0.15, 0.2) is 0 Å². The first-order chi connectivity index (χ1) is 8.13. The van der Waals surface area contributed by atoms with Gasteiger partial charge in [-0.2, -0.15) is 0 Å². The molecule has 2 nitrogen and oxygen atoms in total. The number of hydrogen-bond donors (Lipinski definition) is 0. The molecular formula is C14H16O2S. The van der Waals surface area contributed by atoms with Crippen molar-refractivity contribution in [2.24, 2.45) is 0 Å². The molecule has 1 heterocycles. The Morgan fingerprint density at radius 2 is 2.18 bits per heavy atom. The summed E-state index contributed by atoms with van der Waals surface area (Å²) in [6, 6.07) is 0. The fraction of sp³-hybridized carbons (Fsp3) is 0.357. The zero-order chi connectivity index (χ0) is 12.4. The standard InChI is InChI=1S/C14H16O2S/c1-9-5-4-6-11-12(10(2)7-9)8-17-13(11)14(15)16-3/h5,7-8H,4,6H2,1-3H3/b9-5-,10-7?. The molecule has 0 amide bonds. The van der Waals surface area contributed by atoms with Crippen LogP contribution in [-0.2, 0) is 11.2 Å². The highest BCUT2D eigenvalue weighted by atomic mass is 32.1. The molecule has 0 aromatic carbocycles. The largest absolute Gasteiger partial charge is 0.465 e. The Kier molecular flexibility index (Phi) is 3.48. The van der Waals surface area contributed by atoms with Crippen molar-refractivity contribution in [2.45, 2.75) is 26.7 Å². The van der Waals surface area contributed by atoms with Gasteiger partial charge in [-0.25, -0.2) is 4.79 Å². The number of methoxy groups -OCH3 is 1. The fourth-order valence-corrected chi connectivity index (χ4v) is 3.25. The molecule has 1 aliphatic carbocycles. The maximum Gasteiger partial charge on any atom is 0.348 e. The van der Waals surface area contributed by atoms with E-state index in [4.69, 9.17) is 4.74 Å². The van der Waals surface area contributed by atoms with Gasteiger partial charge in [0.25, 0.3) is 0 Å². The third-order valence-corrected chi connectivity index (χ3v) is 4.00. The summed E-state index contributed by atoms with van der Waals surface area (Å²) in [6.07, 6.45) is 6.27. The van der Waals surface area contributed by atoms with Gasteiger partial charge < -0.3 is 4.74 Å². The van der Waals surface area contributed by atoms with Crippen molar-refractivity contribution in [3.05, 3.63) is 39.1 Å². The van der Waals surface area contributed by atoms with E-state index in [2.05, 4.69) is 31.4 Å². The van der Waals surface area contributed by atoms with Gasteiger partial charge in [-0.05, 0) is 48.8 Å². The Morgan fingerprint density at radius 1 is 1.41 bits per heavy atom. The van der Waals surface area contributed by atoms with Crippen LogP contribution in [0.2, 0.25) is 0 Å². The lowest BCUT2D eigenvalue weighted by atomic mass is 9.95. The average Bonchev–Trinajstić information content (AvgIpc) is 2.69. The SMILES string of the molecule is COC(=O)c1scc2c1CC/C=C(/C)C=C2C. The van der Waals surface area contributed by atoms with Crippen LogP contribution in [0.4, 0.5) is 0 Å². The molecule has 1 aliphatic rings. The summed E-state index contributed by atoms with van der Waals surface area (Å²) in [5.74, 6) is -0.217. The molecule has 90 valence electrons. The Labute approximate surface area is 106 Å². The van der Waals surface area contributed by atoms with Crippen LogP contribution in [0.1, 0.15) is 41.1 Å². The first-order valence-corrected chi connectivity index (χ1v) is 6.55. The normalized spacial score (nSPS) is 18.3. The number of carbonyl (C=O) groups is 1. The number of ether oxygens (including phenoxy) is 1. The zero-order valence-electron chi connectivity index (χ0n) is 10.4. The average molecular weight is 248 g/mol. The maximum absolute atomic E-state index is 11.7. The molecule has 17 heavy (non-hydrogen) atoms. The van der Waals surface area contributed by atoms with Crippen molar-refractivity contribution in [1.82, 2.24) is 0 Å². The summed E-state index contributed by atoms with van der Waals surface area (Å²) < 4.78 is 4.83. The lowest BCUT2D eigenvalue weighted by molar-refractivity contribution is 0.0605. The molecule has 0 bridgehead atoms. The zero-order valence-corrected chi connectivity index (χ0v) is 11.2. The third kappa shape index (κ3) is 2.34. The molecule has 1 aromatic heterocycles. The second kappa shape index (κ2) is 4.88. The van der Waals surface area contributed by atoms with E-state index in [0.717, 1.165) is 23.3 Å². The highest BCUT2D eigenvalue weighted by Gasteiger charge is 2.19. The van der Waals surface area contributed by atoms with E-state index in [9.17, 15) is 4.79 Å². The van der Waals surface area contributed by atoms with Crippen molar-refractivity contribution in [3.8, 4) is 0 Å². The molecule has 0 saturated carbocycles. The number of carbonyl (C=O) groups excluding carboxylic acids is 1. The molecule has 0 aliphatic heterocycles. The predicted octanol–water partition coefficient (Wildman–Crippen LogP) is 3.83. The van der Waals surface area contributed by atoms with Crippen LogP contribution in [-0.4, -0.2) is 13.1 Å². The summed E-state index contributed by atoms with van der Waals surface area (Å²) in [7, 11) is 1.43. The lowest BCUT2D eigenvalue weighted by Crippen LogP contribution is -2.03. The Balaban J connectivity index is 2.49. The first-order valence-electron chi connectivity index (χ1n) is 5.67. The quantitative estimate of drug-likeness (QED) is 0.706. The topological polar surface area (TPSA) is 26.3 Å². The third-order valence-electron chi connectivity index (χ3n) is 2.99. The number of thiophene rings is 1. The highest BCUT2D eigenvalue weighted by Crippen LogP contribution is 2.32. The van der Waals surface area contributed by atoms with Gasteiger partial charge in [-0.1, -0.05) is 17.7 Å². The number of hydrogen-bond acceptors (Lipinski definition) is 3. The van der Waals surface area contributed by atoms with E-state index in [1.807, 2.05) is 0 Å². The van der Waals surface area contributed by atoms with Gasteiger partial charge in [0, 0.05) is 0 Å². The lowest BCUT2D eigenvalue weighted by Gasteiger charge is -2.09. The second-order valence-electron chi connectivity index (χ2n) is 4.26. The number of allylic oxidation sites excluding steroid dienone is 4. The van der Waals surface area contributed by atoms with Crippen LogP contribution < -0.4 is 0 Å². The second-order valence-corrected chi connectivity index (χ2v) is 5.14. The van der Waals surface area contributed by atoms with E-state index in [1.165, 1.54) is 35.2 Å². The van der Waals surface area contributed by atoms with Crippen molar-refractivity contribution in [1.29, 1.82) is 0 Å². The minimum Gasteiger partial charge on any atom is -0.465 e. The van der Waals surface area contributed by atoms with Gasteiger partial charge >= 0.3 is 5.97 Å². The summed E-state index contributed by atoms with van der Waals surface area (Å²) in [5.41, 5.74) is 4.85. The molecule has 0 atom stereocenters. The van der Waals surface area contributed by atoms with Crippen LogP contribution in [0.3, 0.4) is 0 Å². The number of rotatable bonds is 1. The van der Waals surface area contributed by atoms with E-state index in [0.29, 0.717) is 0 Å². The highest BCUT2D eigenvalue weighted by molar-refractivity contribution is 7.12. The maximum atomic E-state index is 11.7. The van der Waals surface area contributed by atoms with Gasteiger partial charge in [0.2, 0.25) is 0 Å². The van der Waals surface area contributed by atoms with Crippen molar-refractivity contribution in [3.63, 3.8) is 0 Å². The minimum atomic E-state index is -0.217. The van der Waals surface area contributed by atoms with Crippen molar-refractivity contribution < 1.29 is 9.53 Å². The Hall–Kier alpha value is -1.35. The number of fused-ring (bicyclic) bond motifs is 1. The smallest absolute Gasteiger partial charge is 0.348 e. The minimum absolute atomic E-state index is 0.217. The van der Waals surface area contributed by atoms with E-state index >= 15 is 0 Å². The monoisotopic (exact) mass is 248 g/mol. The van der Waals surface area contributed by atoms with Crippen LogP contribution in [0, 0.1) is 0 Å². The van der Waals surface area contributed by atoms with Crippen molar-refractivity contribution >= 4 is 22.9 Å². The molecular weight excluding hydrogens is 232 g/mol. The van der Waals surface area contributed by atoms with E-state index in [1.54, 1.807) is 0 Å². The predicted molar refractivity (Wildman–Crippen MR) is 71.4 cm³/mol. The molecule has 0 fully saturated rings. The van der Waals surface area contributed by atoms with Crippen LogP contribution in [0.15, 0.2) is 23.1 Å². The Bertz CT molecular complexity index is 506. The van der Waals surface area contributed by atoms with E-state index < -0.39 is 0 Å². The Morgan fingerprint density at radius 3 is 2.88 bits per heavy atom. The van der Waals surface area contributed by atoms with Gasteiger partial charge in [0.1, 0.15) is 4.88 Å². The molecule has 0 unspecified atom stereocenters. The molecule has 2 rings (SSSR count). The molecule has 0 saturated heterocycles. The molecule has 3 heteroatoms. The van der Waals surface area contributed by atoms with Gasteiger partial charge in [-0.15, -0.1) is 11.3 Å². The van der Waals surface area contributed by atoms with Gasteiger partial charge in [-0.3, -0.25) is 0 Å². The summed E-state index contributed by atoms with van der Waals surface area (Å²) in [6.45, 7) is 4.21. The van der Waals surface area contributed by atoms with Gasteiger partial charge in [0.05, 0.1) is 7.11 Å². The van der Waals surface area contributed by atoms with E-state index in [-0.39, 0.29) is 5.97 Å². The molecule has 0 radical (unpaired) electrons. The van der Waals surface area contributed by atoms with Crippen LogP contribution >= 0.6 is 11.3 Å². The van der Waals surface area contributed by atoms with Crippen LogP contribution in [0.5, 0.6) is 0 Å². The summed E-state index contributed by atoms with van der Waals surface area (Å²) >= 11 is 1.48. The molecule has 0 N–H and O–H groups in total. The van der Waals surface area contributed by atoms with Crippen LogP contribution in [0.25, 0.3) is 5.57 Å². The van der Waals surface area contributed by atoms with Crippen molar-refractivity contribution in [2.75, 3.05) is 7.11 Å². The fourth-order valence-electron chi connectivity index (χ4n) is 2.15. The molecule has 0 spiro atoms. The summed E-state index contributed by atoms with van der Waals surface area (Å²) in [4.78, 5) is 12.4. The first kappa shape index (κ1) is 12.1. The summed E-state index contributed by atoms with van der Waals surface area (Å²) in [5, 5.41) is 2.06. The number of esters is 1.